The van der Waals surface area contributed by atoms with E-state index in [0.29, 0.717) is 26.4 Å². The van der Waals surface area contributed by atoms with Crippen molar-refractivity contribution in [2.45, 2.75) is 6.92 Å². The molecule has 0 saturated heterocycles. The van der Waals surface area contributed by atoms with Crippen LogP contribution in [0.15, 0.2) is 24.3 Å². The Morgan fingerprint density at radius 3 is 2.87 bits per heavy atom. The molecule has 0 spiro atoms. The van der Waals surface area contributed by atoms with Gasteiger partial charge in [-0.3, -0.25) is 10.1 Å². The maximum Gasteiger partial charge on any atom is 0.350 e. The summed E-state index contributed by atoms with van der Waals surface area (Å²) in [6.45, 7) is 1.68. The lowest BCUT2D eigenvalue weighted by Gasteiger charge is -1.98. The lowest BCUT2D eigenvalue weighted by Crippen LogP contribution is -2.11. The summed E-state index contributed by atoms with van der Waals surface area (Å²) in [5, 5.41) is 4.48. The highest BCUT2D eigenvalue weighted by molar-refractivity contribution is 7.17. The number of fused-ring (bicyclic) bond motifs is 1. The van der Waals surface area contributed by atoms with Gasteiger partial charge in [0.1, 0.15) is 10.6 Å². The molecule has 0 aliphatic heterocycles. The van der Waals surface area contributed by atoms with Crippen molar-refractivity contribution in [1.82, 2.24) is 9.97 Å². The van der Waals surface area contributed by atoms with Crippen molar-refractivity contribution in [3.63, 3.8) is 0 Å². The number of carbonyl (C=O) groups is 2. The molecule has 3 rings (SSSR count). The van der Waals surface area contributed by atoms with E-state index in [9.17, 15) is 9.59 Å². The molecule has 8 heteroatoms. The molecule has 2 aromatic heterocycles. The molecule has 1 aromatic carbocycles. The van der Waals surface area contributed by atoms with Crippen LogP contribution in [0.2, 0.25) is 5.02 Å². The highest BCUT2D eigenvalue weighted by Crippen LogP contribution is 2.25. The number of hydrogen-bond donors (Lipinski definition) is 2. The molecule has 23 heavy (non-hydrogen) atoms. The lowest BCUT2D eigenvalue weighted by atomic mass is 10.2. The molecule has 0 unspecified atom stereocenters. The minimum absolute atomic E-state index is 0.338. The van der Waals surface area contributed by atoms with Crippen LogP contribution in [0.3, 0.4) is 0 Å². The third kappa shape index (κ3) is 3.06. The summed E-state index contributed by atoms with van der Waals surface area (Å²) in [6, 6.07) is 7.05. The average molecular weight is 350 g/mol. The number of thiazole rings is 1. The van der Waals surface area contributed by atoms with Crippen molar-refractivity contribution in [2.24, 2.45) is 0 Å². The number of halogens is 1. The van der Waals surface area contributed by atoms with Crippen molar-refractivity contribution in [2.75, 3.05) is 12.4 Å². The number of nitrogens with zero attached hydrogens (tertiary/aromatic N) is 1. The molecule has 2 N–H and O–H groups in total. The van der Waals surface area contributed by atoms with E-state index < -0.39 is 5.97 Å². The molecule has 1 amide bonds. The van der Waals surface area contributed by atoms with Gasteiger partial charge in [0.25, 0.3) is 5.91 Å². The van der Waals surface area contributed by atoms with E-state index in [1.54, 1.807) is 25.1 Å². The average Bonchev–Trinajstić information content (AvgIpc) is 3.09. The van der Waals surface area contributed by atoms with Gasteiger partial charge < -0.3 is 9.72 Å². The number of benzene rings is 1. The number of rotatable bonds is 3. The Bertz CT molecular complexity index is 916. The first-order chi connectivity index (χ1) is 11.0. The van der Waals surface area contributed by atoms with Crippen LogP contribution in [-0.4, -0.2) is 29.0 Å². The SMILES string of the molecule is COC(=O)c1sc(NC(=O)c2cc3ccc(Cl)cc3[nH]2)nc1C. The Morgan fingerprint density at radius 1 is 1.35 bits per heavy atom. The standard InChI is InChI=1S/C15H12ClN3O3S/c1-7-12(14(21)22-2)23-15(17-7)19-13(20)11-5-8-3-4-9(16)6-10(8)18-11/h3-6,18H,1-2H3,(H,17,19,20). The first-order valence-electron chi connectivity index (χ1n) is 6.63. The summed E-state index contributed by atoms with van der Waals surface area (Å²) in [6.07, 6.45) is 0. The van der Waals surface area contributed by atoms with Crippen molar-refractivity contribution >= 4 is 50.8 Å². The van der Waals surface area contributed by atoms with Gasteiger partial charge in [0.05, 0.1) is 12.8 Å². The molecule has 0 bridgehead atoms. The quantitative estimate of drug-likeness (QED) is 0.707. The molecule has 0 atom stereocenters. The second kappa shape index (κ2) is 6.02. The van der Waals surface area contributed by atoms with Gasteiger partial charge in [-0.1, -0.05) is 29.0 Å². The predicted octanol–water partition coefficient (Wildman–Crippen LogP) is 3.63. The van der Waals surface area contributed by atoms with Crippen molar-refractivity contribution in [3.8, 4) is 0 Å². The third-order valence-electron chi connectivity index (χ3n) is 3.22. The lowest BCUT2D eigenvalue weighted by molar-refractivity contribution is 0.0605. The molecule has 6 nitrogen and oxygen atoms in total. The maximum absolute atomic E-state index is 12.3. The summed E-state index contributed by atoms with van der Waals surface area (Å²) in [5.41, 5.74) is 1.67. The van der Waals surface area contributed by atoms with E-state index in [1.807, 2.05) is 6.07 Å². The van der Waals surface area contributed by atoms with Crippen LogP contribution in [0, 0.1) is 6.92 Å². The van der Waals surface area contributed by atoms with Crippen LogP contribution >= 0.6 is 22.9 Å². The molecular formula is C15H12ClN3O3S. The monoisotopic (exact) mass is 349 g/mol. The third-order valence-corrected chi connectivity index (χ3v) is 4.50. The van der Waals surface area contributed by atoms with E-state index >= 15 is 0 Å². The minimum atomic E-state index is -0.472. The Morgan fingerprint density at radius 2 is 2.13 bits per heavy atom. The first-order valence-corrected chi connectivity index (χ1v) is 7.82. The number of methoxy groups -OCH3 is 1. The molecule has 0 aliphatic carbocycles. The summed E-state index contributed by atoms with van der Waals surface area (Å²) < 4.78 is 4.67. The van der Waals surface area contributed by atoms with Gasteiger partial charge in [-0.2, -0.15) is 0 Å². The zero-order valence-electron chi connectivity index (χ0n) is 12.3. The number of hydrogen-bond acceptors (Lipinski definition) is 5. The fraction of sp³-hybridized carbons (Fsp3) is 0.133. The minimum Gasteiger partial charge on any atom is -0.465 e. The number of nitrogens with one attached hydrogen (secondary N) is 2. The van der Waals surface area contributed by atoms with Crippen molar-refractivity contribution in [3.05, 3.63) is 45.6 Å². The van der Waals surface area contributed by atoms with Gasteiger partial charge in [0.15, 0.2) is 5.13 Å². The van der Waals surface area contributed by atoms with E-state index in [4.69, 9.17) is 11.6 Å². The van der Waals surface area contributed by atoms with Gasteiger partial charge in [0, 0.05) is 15.9 Å². The fourth-order valence-electron chi connectivity index (χ4n) is 2.12. The molecule has 0 fully saturated rings. The van der Waals surface area contributed by atoms with Crippen LogP contribution in [-0.2, 0) is 4.74 Å². The van der Waals surface area contributed by atoms with Gasteiger partial charge in [-0.25, -0.2) is 9.78 Å². The van der Waals surface area contributed by atoms with E-state index in [2.05, 4.69) is 20.0 Å². The topological polar surface area (TPSA) is 84.1 Å². The van der Waals surface area contributed by atoms with E-state index in [0.717, 1.165) is 22.2 Å². The number of amides is 1. The van der Waals surface area contributed by atoms with Gasteiger partial charge in [-0.05, 0) is 25.1 Å². The number of anilines is 1. The molecule has 0 aliphatic rings. The van der Waals surface area contributed by atoms with Crippen LogP contribution in [0.4, 0.5) is 5.13 Å². The van der Waals surface area contributed by atoms with Crippen molar-refractivity contribution in [1.29, 1.82) is 0 Å². The Kier molecular flexibility index (Phi) is 4.06. The summed E-state index contributed by atoms with van der Waals surface area (Å²) in [5.74, 6) is -0.816. The Labute approximate surface area is 140 Å². The fourth-order valence-corrected chi connectivity index (χ4v) is 3.17. The van der Waals surface area contributed by atoms with Gasteiger partial charge >= 0.3 is 5.97 Å². The van der Waals surface area contributed by atoms with Crippen LogP contribution in [0.5, 0.6) is 0 Å². The summed E-state index contributed by atoms with van der Waals surface area (Å²) in [7, 11) is 1.30. The van der Waals surface area contributed by atoms with Gasteiger partial charge in [-0.15, -0.1) is 0 Å². The van der Waals surface area contributed by atoms with E-state index in [1.165, 1.54) is 7.11 Å². The van der Waals surface area contributed by atoms with Crippen LogP contribution in [0.1, 0.15) is 25.9 Å². The second-order valence-electron chi connectivity index (χ2n) is 4.79. The molecule has 0 saturated carbocycles. The zero-order valence-corrected chi connectivity index (χ0v) is 13.8. The number of esters is 1. The zero-order chi connectivity index (χ0) is 16.6. The number of H-pyrrole nitrogens is 1. The number of aromatic nitrogens is 2. The Hall–Kier alpha value is -2.38. The van der Waals surface area contributed by atoms with Gasteiger partial charge in [0.2, 0.25) is 0 Å². The number of aromatic amines is 1. The molecule has 118 valence electrons. The summed E-state index contributed by atoms with van der Waals surface area (Å²) >= 11 is 7.00. The predicted molar refractivity (Wildman–Crippen MR) is 89.5 cm³/mol. The highest BCUT2D eigenvalue weighted by atomic mass is 35.5. The largest absolute Gasteiger partial charge is 0.465 e. The molecule has 2 heterocycles. The number of aryl methyl sites for hydroxylation is 1. The normalized spacial score (nSPS) is 10.7. The highest BCUT2D eigenvalue weighted by Gasteiger charge is 2.18. The maximum atomic E-state index is 12.3. The second-order valence-corrected chi connectivity index (χ2v) is 6.23. The number of ether oxygens (including phenoxy) is 1. The van der Waals surface area contributed by atoms with Crippen LogP contribution in [0.25, 0.3) is 10.9 Å². The first kappa shape index (κ1) is 15.5. The molecular weight excluding hydrogens is 338 g/mol. The van der Waals surface area contributed by atoms with E-state index in [-0.39, 0.29) is 5.91 Å². The smallest absolute Gasteiger partial charge is 0.350 e. The Balaban J connectivity index is 1.84. The molecule has 0 radical (unpaired) electrons. The molecule has 3 aromatic rings. The summed E-state index contributed by atoms with van der Waals surface area (Å²) in [4.78, 5) is 31.4. The van der Waals surface area contributed by atoms with Crippen molar-refractivity contribution < 1.29 is 14.3 Å². The van der Waals surface area contributed by atoms with Crippen LogP contribution < -0.4 is 5.32 Å². The number of carbonyl (C=O) groups excluding carboxylic acids is 2.